The zero-order chi connectivity index (χ0) is 13.8. The van der Waals surface area contributed by atoms with Gasteiger partial charge in [-0.05, 0) is 25.5 Å². The normalized spacial score (nSPS) is 20.1. The average molecular weight is 284 g/mol. The van der Waals surface area contributed by atoms with E-state index in [2.05, 4.69) is 15.9 Å². The van der Waals surface area contributed by atoms with Crippen molar-refractivity contribution in [2.24, 2.45) is 0 Å². The second kappa shape index (κ2) is 6.10. The van der Waals surface area contributed by atoms with E-state index in [9.17, 15) is 9.59 Å². The number of carbonyl (C=O) groups is 2. The van der Waals surface area contributed by atoms with Crippen LogP contribution in [0.15, 0.2) is 10.6 Å². The van der Waals surface area contributed by atoms with E-state index in [0.29, 0.717) is 18.3 Å². The van der Waals surface area contributed by atoms with Crippen LogP contribution in [0.2, 0.25) is 0 Å². The Balaban J connectivity index is 2.04. The van der Waals surface area contributed by atoms with Gasteiger partial charge in [0.25, 0.3) is 5.91 Å². The minimum absolute atomic E-state index is 0.0694. The first-order valence-electron chi connectivity index (χ1n) is 6.14. The predicted molar refractivity (Wildman–Crippen MR) is 70.5 cm³/mol. The molecule has 1 N–H and O–H groups in total. The van der Waals surface area contributed by atoms with E-state index in [1.165, 1.54) is 6.07 Å². The van der Waals surface area contributed by atoms with Crippen LogP contribution in [-0.2, 0) is 0 Å². The number of amides is 1. The first kappa shape index (κ1) is 13.9. The monoisotopic (exact) mass is 284 g/mol. The molecule has 0 saturated carbocycles. The summed E-state index contributed by atoms with van der Waals surface area (Å²) in [6.45, 7) is 1.37. The van der Waals surface area contributed by atoms with Crippen molar-refractivity contribution in [3.05, 3.63) is 17.5 Å². The number of hydrogen-bond acceptors (Lipinski definition) is 5. The fraction of sp³-hybridized carbons (Fsp3) is 0.583. The van der Waals surface area contributed by atoms with Gasteiger partial charge in [-0.25, -0.2) is 4.79 Å². The highest BCUT2D eigenvalue weighted by atomic mass is 32.2. The molecule has 0 aromatic carbocycles. The molecule has 1 unspecified atom stereocenters. The van der Waals surface area contributed by atoms with Gasteiger partial charge in [0.1, 0.15) is 0 Å². The van der Waals surface area contributed by atoms with E-state index >= 15 is 0 Å². The third-order valence-corrected chi connectivity index (χ3v) is 4.37. The summed E-state index contributed by atoms with van der Waals surface area (Å²) < 4.78 is 4.61. The number of likely N-dealkylation sites (tertiary alicyclic amines) is 1. The number of carboxylic acid groups (broad SMARTS) is 1. The molecule has 1 aromatic heterocycles. The lowest BCUT2D eigenvalue weighted by Gasteiger charge is -2.18. The van der Waals surface area contributed by atoms with Gasteiger partial charge in [-0.15, -0.1) is 0 Å². The third kappa shape index (κ3) is 3.28. The van der Waals surface area contributed by atoms with Gasteiger partial charge in [0.05, 0.1) is 0 Å². The first-order valence-corrected chi connectivity index (χ1v) is 7.42. The summed E-state index contributed by atoms with van der Waals surface area (Å²) in [5, 5.41) is 12.9. The molecular formula is C12H16N2O4S. The maximum absolute atomic E-state index is 12.2. The number of carbonyl (C=O) groups excluding carboxylic acids is 1. The van der Waals surface area contributed by atoms with Crippen molar-refractivity contribution in [3.63, 3.8) is 0 Å². The Morgan fingerprint density at radius 3 is 2.89 bits per heavy atom. The summed E-state index contributed by atoms with van der Waals surface area (Å²) in [6, 6.07) is 1.18. The number of thioether (sulfide) groups is 1. The van der Waals surface area contributed by atoms with E-state index in [4.69, 9.17) is 5.11 Å². The maximum Gasteiger partial charge on any atom is 0.374 e. The molecule has 1 amide bonds. The molecule has 2 heterocycles. The van der Waals surface area contributed by atoms with Crippen LogP contribution in [-0.4, -0.2) is 51.6 Å². The Morgan fingerprint density at radius 1 is 1.47 bits per heavy atom. The number of rotatable bonds is 3. The smallest absolute Gasteiger partial charge is 0.374 e. The first-order chi connectivity index (χ1) is 9.11. The number of carboxylic acids is 1. The van der Waals surface area contributed by atoms with E-state index in [1.807, 2.05) is 11.8 Å². The molecule has 2 rings (SSSR count). The van der Waals surface area contributed by atoms with Gasteiger partial charge in [-0.1, -0.05) is 5.16 Å². The SMILES string of the molecule is CSC1CCCN(C(=O)c2cc(C(=O)O)on2)CC1. The zero-order valence-corrected chi connectivity index (χ0v) is 11.5. The van der Waals surface area contributed by atoms with Crippen LogP contribution in [0.5, 0.6) is 0 Å². The van der Waals surface area contributed by atoms with Crippen LogP contribution >= 0.6 is 11.8 Å². The van der Waals surface area contributed by atoms with Crippen LogP contribution in [0.3, 0.4) is 0 Å². The lowest BCUT2D eigenvalue weighted by atomic mass is 10.2. The summed E-state index contributed by atoms with van der Waals surface area (Å²) in [5.74, 6) is -1.77. The zero-order valence-electron chi connectivity index (χ0n) is 10.7. The Kier molecular flexibility index (Phi) is 4.47. The van der Waals surface area contributed by atoms with Gasteiger partial charge in [0.15, 0.2) is 5.69 Å². The number of nitrogens with zero attached hydrogens (tertiary/aromatic N) is 2. The molecular weight excluding hydrogens is 268 g/mol. The Labute approximate surface area is 115 Å². The summed E-state index contributed by atoms with van der Waals surface area (Å²) in [6.07, 6.45) is 5.10. The van der Waals surface area contributed by atoms with Crippen molar-refractivity contribution in [2.75, 3.05) is 19.3 Å². The van der Waals surface area contributed by atoms with Crippen LogP contribution in [0.1, 0.15) is 40.3 Å². The molecule has 104 valence electrons. The van der Waals surface area contributed by atoms with Crippen LogP contribution < -0.4 is 0 Å². The summed E-state index contributed by atoms with van der Waals surface area (Å²) in [5.41, 5.74) is 0.0694. The Morgan fingerprint density at radius 2 is 2.26 bits per heavy atom. The van der Waals surface area contributed by atoms with Gasteiger partial charge in [0.2, 0.25) is 5.76 Å². The fourth-order valence-corrected chi connectivity index (χ4v) is 2.89. The second-order valence-electron chi connectivity index (χ2n) is 4.46. The molecule has 1 atom stereocenters. The van der Waals surface area contributed by atoms with Crippen molar-refractivity contribution < 1.29 is 19.2 Å². The average Bonchev–Trinajstić information content (AvgIpc) is 2.77. The van der Waals surface area contributed by atoms with Crippen LogP contribution in [0, 0.1) is 0 Å². The molecule has 7 heteroatoms. The molecule has 0 spiro atoms. The van der Waals surface area contributed by atoms with Gasteiger partial charge >= 0.3 is 5.97 Å². The summed E-state index contributed by atoms with van der Waals surface area (Å²) in [7, 11) is 0. The highest BCUT2D eigenvalue weighted by Crippen LogP contribution is 2.22. The van der Waals surface area contributed by atoms with Gasteiger partial charge in [0, 0.05) is 24.4 Å². The Bertz CT molecular complexity index is 474. The summed E-state index contributed by atoms with van der Waals surface area (Å²) >= 11 is 1.83. The van der Waals surface area contributed by atoms with Crippen molar-refractivity contribution >= 4 is 23.6 Å². The number of hydrogen-bond donors (Lipinski definition) is 1. The third-order valence-electron chi connectivity index (χ3n) is 3.24. The second-order valence-corrected chi connectivity index (χ2v) is 5.60. The van der Waals surface area contributed by atoms with Gasteiger partial charge in [-0.3, -0.25) is 4.79 Å². The molecule has 0 aliphatic carbocycles. The van der Waals surface area contributed by atoms with E-state index in [0.717, 1.165) is 19.3 Å². The molecule has 1 saturated heterocycles. The molecule has 1 fully saturated rings. The maximum atomic E-state index is 12.2. The molecule has 19 heavy (non-hydrogen) atoms. The molecule has 1 aliphatic rings. The topological polar surface area (TPSA) is 83.6 Å². The molecule has 1 aromatic rings. The van der Waals surface area contributed by atoms with Crippen molar-refractivity contribution in [1.29, 1.82) is 0 Å². The van der Waals surface area contributed by atoms with E-state index in [1.54, 1.807) is 4.90 Å². The van der Waals surface area contributed by atoms with Crippen LogP contribution in [0.4, 0.5) is 0 Å². The van der Waals surface area contributed by atoms with Gasteiger partial charge in [-0.2, -0.15) is 11.8 Å². The van der Waals surface area contributed by atoms with Crippen molar-refractivity contribution in [1.82, 2.24) is 10.1 Å². The lowest BCUT2D eigenvalue weighted by Crippen LogP contribution is -2.32. The lowest BCUT2D eigenvalue weighted by molar-refractivity contribution is 0.0648. The molecule has 0 bridgehead atoms. The van der Waals surface area contributed by atoms with Crippen molar-refractivity contribution in [3.8, 4) is 0 Å². The number of aromatic nitrogens is 1. The number of aromatic carboxylic acids is 1. The van der Waals surface area contributed by atoms with E-state index < -0.39 is 5.97 Å². The molecule has 0 radical (unpaired) electrons. The highest BCUT2D eigenvalue weighted by Gasteiger charge is 2.24. The minimum Gasteiger partial charge on any atom is -0.475 e. The molecule has 1 aliphatic heterocycles. The predicted octanol–water partition coefficient (Wildman–Crippen LogP) is 1.73. The summed E-state index contributed by atoms with van der Waals surface area (Å²) in [4.78, 5) is 24.6. The minimum atomic E-state index is -1.22. The van der Waals surface area contributed by atoms with Crippen molar-refractivity contribution in [2.45, 2.75) is 24.5 Å². The fourth-order valence-electron chi connectivity index (χ4n) is 2.14. The molecule has 6 nitrogen and oxygen atoms in total. The standard InChI is InChI=1S/C12H16N2O4S/c1-19-8-3-2-5-14(6-4-8)11(15)9-7-10(12(16)17)18-13-9/h7-8H,2-6H2,1H3,(H,16,17). The largest absolute Gasteiger partial charge is 0.475 e. The quantitative estimate of drug-likeness (QED) is 0.910. The van der Waals surface area contributed by atoms with Gasteiger partial charge < -0.3 is 14.5 Å². The highest BCUT2D eigenvalue weighted by molar-refractivity contribution is 7.99. The van der Waals surface area contributed by atoms with Crippen LogP contribution in [0.25, 0.3) is 0 Å². The Hall–Kier alpha value is -1.50. The van der Waals surface area contributed by atoms with E-state index in [-0.39, 0.29) is 17.4 Å².